The van der Waals surface area contributed by atoms with Gasteiger partial charge < -0.3 is 9.84 Å². The van der Waals surface area contributed by atoms with Crippen LogP contribution in [-0.2, 0) is 20.7 Å². The van der Waals surface area contributed by atoms with Crippen LogP contribution in [0, 0.1) is 11.3 Å². The number of hydrogen-bond donors (Lipinski definition) is 1. The number of carbonyl (C=O) groups is 2. The molecule has 0 saturated carbocycles. The second kappa shape index (κ2) is 5.41. The van der Waals surface area contributed by atoms with Crippen LogP contribution < -0.4 is 0 Å². The molecule has 0 aliphatic carbocycles. The molecule has 0 amide bonds. The number of rotatable bonds is 2. The van der Waals surface area contributed by atoms with Crippen LogP contribution in [0.15, 0.2) is 35.6 Å². The van der Waals surface area contributed by atoms with Crippen LogP contribution in [0.2, 0.25) is 0 Å². The maximum atomic E-state index is 12.0. The van der Waals surface area contributed by atoms with E-state index in [9.17, 15) is 14.7 Å². The molecule has 5 nitrogen and oxygen atoms in total. The Morgan fingerprint density at radius 1 is 1.33 bits per heavy atom. The highest BCUT2D eigenvalue weighted by molar-refractivity contribution is 6.19. The molecule has 1 fully saturated rings. The lowest BCUT2D eigenvalue weighted by atomic mass is 9.92. The first-order chi connectivity index (χ1) is 9.82. The van der Waals surface area contributed by atoms with E-state index in [1.807, 2.05) is 6.07 Å². The molecule has 5 heteroatoms. The summed E-state index contributed by atoms with van der Waals surface area (Å²) in [5.41, 5.74) is 0.0794. The van der Waals surface area contributed by atoms with Gasteiger partial charge in [-0.05, 0) is 31.5 Å². The Labute approximate surface area is 122 Å². The van der Waals surface area contributed by atoms with E-state index in [-0.39, 0.29) is 24.2 Å². The molecule has 2 rings (SSSR count). The van der Waals surface area contributed by atoms with Crippen LogP contribution in [0.5, 0.6) is 0 Å². The van der Waals surface area contributed by atoms with Crippen LogP contribution in [0.25, 0.3) is 0 Å². The van der Waals surface area contributed by atoms with Gasteiger partial charge in [-0.15, -0.1) is 0 Å². The Hall–Kier alpha value is -2.61. The van der Waals surface area contributed by atoms with Crippen molar-refractivity contribution in [3.8, 4) is 6.07 Å². The monoisotopic (exact) mass is 285 g/mol. The second-order valence-corrected chi connectivity index (χ2v) is 5.56. The molecule has 1 aliphatic rings. The molecule has 21 heavy (non-hydrogen) atoms. The van der Waals surface area contributed by atoms with Gasteiger partial charge in [-0.2, -0.15) is 5.26 Å². The molecule has 1 saturated heterocycles. The minimum absolute atomic E-state index is 0.0440. The third-order valence-corrected chi connectivity index (χ3v) is 3.18. The van der Waals surface area contributed by atoms with Gasteiger partial charge in [0.15, 0.2) is 5.78 Å². The topological polar surface area (TPSA) is 87.4 Å². The molecule has 0 aromatic heterocycles. The molecule has 0 spiro atoms. The van der Waals surface area contributed by atoms with Crippen molar-refractivity contribution in [3.63, 3.8) is 0 Å². The quantitative estimate of drug-likeness (QED) is 0.389. The number of aliphatic hydroxyl groups is 1. The van der Waals surface area contributed by atoms with Crippen LogP contribution in [0.3, 0.4) is 0 Å². The largest absolute Gasteiger partial charge is 0.511 e. The Balaban J connectivity index is 2.24. The van der Waals surface area contributed by atoms with E-state index in [2.05, 4.69) is 0 Å². The normalized spacial score (nSPS) is 19.7. The lowest BCUT2D eigenvalue weighted by Crippen LogP contribution is -2.39. The summed E-state index contributed by atoms with van der Waals surface area (Å²) >= 11 is 0. The van der Waals surface area contributed by atoms with Crippen molar-refractivity contribution in [2.75, 3.05) is 0 Å². The van der Waals surface area contributed by atoms with E-state index in [4.69, 9.17) is 10.00 Å². The minimum atomic E-state index is -0.841. The third kappa shape index (κ3) is 3.29. The number of nitrogens with zero attached hydrogens (tertiary/aromatic N) is 1. The van der Waals surface area contributed by atoms with Gasteiger partial charge >= 0.3 is 5.97 Å². The molecule has 1 heterocycles. The molecule has 1 aromatic rings. The molecule has 0 bridgehead atoms. The molecular weight excluding hydrogens is 270 g/mol. The van der Waals surface area contributed by atoms with Gasteiger partial charge in [0.1, 0.15) is 16.9 Å². The molecule has 0 atom stereocenters. The number of Topliss-reactive ketones (excluding diaryl/α,β-unsaturated/α-hetero) is 1. The third-order valence-electron chi connectivity index (χ3n) is 3.18. The zero-order chi connectivity index (χ0) is 15.6. The van der Waals surface area contributed by atoms with Crippen LogP contribution in [0.1, 0.15) is 31.4 Å². The van der Waals surface area contributed by atoms with Crippen molar-refractivity contribution in [2.24, 2.45) is 0 Å². The fraction of sp³-hybridized carbons (Fsp3) is 0.312. The van der Waals surface area contributed by atoms with Crippen molar-refractivity contribution in [1.82, 2.24) is 0 Å². The van der Waals surface area contributed by atoms with Crippen molar-refractivity contribution in [3.05, 3.63) is 46.7 Å². The zero-order valence-corrected chi connectivity index (χ0v) is 11.8. The number of ketones is 1. The average Bonchev–Trinajstić information content (AvgIpc) is 2.37. The number of aliphatic hydroxyl groups excluding tert-OH is 1. The average molecular weight is 285 g/mol. The molecule has 1 aromatic carbocycles. The van der Waals surface area contributed by atoms with Crippen molar-refractivity contribution >= 4 is 11.8 Å². The summed E-state index contributed by atoms with van der Waals surface area (Å²) < 4.78 is 5.13. The van der Waals surface area contributed by atoms with Crippen molar-refractivity contribution in [1.29, 1.82) is 5.26 Å². The van der Waals surface area contributed by atoms with E-state index in [1.54, 1.807) is 38.1 Å². The van der Waals surface area contributed by atoms with E-state index in [1.165, 1.54) is 0 Å². The highest BCUT2D eigenvalue weighted by Crippen LogP contribution is 2.27. The predicted octanol–water partition coefficient (Wildman–Crippen LogP) is 2.21. The first-order valence-corrected chi connectivity index (χ1v) is 6.50. The van der Waals surface area contributed by atoms with E-state index < -0.39 is 17.4 Å². The van der Waals surface area contributed by atoms with Gasteiger partial charge in [-0.25, -0.2) is 4.79 Å². The molecule has 1 aliphatic heterocycles. The van der Waals surface area contributed by atoms with Crippen LogP contribution >= 0.6 is 0 Å². The summed E-state index contributed by atoms with van der Waals surface area (Å²) in [5.74, 6) is -1.50. The Morgan fingerprint density at radius 3 is 2.48 bits per heavy atom. The number of esters is 1. The van der Waals surface area contributed by atoms with Gasteiger partial charge in [0.25, 0.3) is 0 Å². The molecular formula is C16H15NO4. The van der Waals surface area contributed by atoms with Crippen molar-refractivity contribution < 1.29 is 19.4 Å². The Kier molecular flexibility index (Phi) is 3.81. The number of hydrogen-bond acceptors (Lipinski definition) is 5. The lowest BCUT2D eigenvalue weighted by Gasteiger charge is -2.29. The summed E-state index contributed by atoms with van der Waals surface area (Å²) in [7, 11) is 0. The molecule has 0 unspecified atom stereocenters. The summed E-state index contributed by atoms with van der Waals surface area (Å²) in [5, 5.41) is 18.8. The summed E-state index contributed by atoms with van der Waals surface area (Å²) in [6, 6.07) is 8.54. The summed E-state index contributed by atoms with van der Waals surface area (Å²) in [6.45, 7) is 3.30. The SMILES string of the molecule is CC1(C)CC(=O)C(=C(O)Cc2ccc(C#N)cc2)C(=O)O1. The smallest absolute Gasteiger partial charge is 0.345 e. The number of allylic oxidation sites excluding steroid dienone is 1. The van der Waals surface area contributed by atoms with Crippen LogP contribution in [-0.4, -0.2) is 22.5 Å². The highest BCUT2D eigenvalue weighted by atomic mass is 16.6. The summed E-state index contributed by atoms with van der Waals surface area (Å²) in [4.78, 5) is 23.8. The highest BCUT2D eigenvalue weighted by Gasteiger charge is 2.39. The van der Waals surface area contributed by atoms with E-state index in [0.29, 0.717) is 11.1 Å². The predicted molar refractivity (Wildman–Crippen MR) is 74.3 cm³/mol. The maximum Gasteiger partial charge on any atom is 0.345 e. The van der Waals surface area contributed by atoms with Gasteiger partial charge in [-0.3, -0.25) is 4.79 Å². The molecule has 108 valence electrons. The second-order valence-electron chi connectivity index (χ2n) is 5.56. The van der Waals surface area contributed by atoms with Gasteiger partial charge in [0.05, 0.1) is 18.1 Å². The molecule has 0 radical (unpaired) electrons. The molecule has 1 N–H and O–H groups in total. The number of ether oxygens (including phenoxy) is 1. The van der Waals surface area contributed by atoms with Gasteiger partial charge in [0, 0.05) is 6.42 Å². The van der Waals surface area contributed by atoms with Gasteiger partial charge in [-0.1, -0.05) is 12.1 Å². The fourth-order valence-corrected chi connectivity index (χ4v) is 2.18. The van der Waals surface area contributed by atoms with E-state index in [0.717, 1.165) is 0 Å². The number of carbonyl (C=O) groups excluding carboxylic acids is 2. The Bertz CT molecular complexity index is 641. The first kappa shape index (κ1) is 14.8. The number of nitriles is 1. The van der Waals surface area contributed by atoms with Crippen LogP contribution in [0.4, 0.5) is 0 Å². The standard InChI is InChI=1S/C16H15NO4/c1-16(2)8-13(19)14(15(20)21-16)12(18)7-10-3-5-11(9-17)6-4-10/h3-6,18H,7-8H2,1-2H3. The minimum Gasteiger partial charge on any atom is -0.511 e. The first-order valence-electron chi connectivity index (χ1n) is 6.50. The fourth-order valence-electron chi connectivity index (χ4n) is 2.18. The lowest BCUT2D eigenvalue weighted by molar-refractivity contribution is -0.159. The van der Waals surface area contributed by atoms with Gasteiger partial charge in [0.2, 0.25) is 0 Å². The zero-order valence-electron chi connectivity index (χ0n) is 11.8. The van der Waals surface area contributed by atoms with Crippen molar-refractivity contribution in [2.45, 2.75) is 32.3 Å². The maximum absolute atomic E-state index is 12.0. The summed E-state index contributed by atoms with van der Waals surface area (Å²) in [6.07, 6.45) is 0.0911. The van der Waals surface area contributed by atoms with E-state index >= 15 is 0 Å². The number of cyclic esters (lactones) is 1. The number of benzene rings is 1. The Morgan fingerprint density at radius 2 is 1.95 bits per heavy atom.